The number of benzene rings is 1. The van der Waals surface area contributed by atoms with E-state index < -0.39 is 17.1 Å². The van der Waals surface area contributed by atoms with Gasteiger partial charge in [0.05, 0.1) is 5.25 Å². The topological polar surface area (TPSA) is 46.1 Å². The highest BCUT2D eigenvalue weighted by molar-refractivity contribution is 8.00. The summed E-state index contributed by atoms with van der Waals surface area (Å²) in [4.78, 5) is 21.8. The molecule has 0 aliphatic carbocycles. The Morgan fingerprint density at radius 3 is 2.80 bits per heavy atom. The number of aryl methyl sites for hydroxylation is 1. The van der Waals surface area contributed by atoms with Crippen LogP contribution in [0.3, 0.4) is 0 Å². The van der Waals surface area contributed by atoms with Gasteiger partial charge in [-0.3, -0.25) is 4.79 Å². The second kappa shape index (κ2) is 7.03. The Balaban J connectivity index is 1.76. The first-order valence-electron chi connectivity index (χ1n) is 7.82. The fourth-order valence-electron chi connectivity index (χ4n) is 2.75. The number of carbonyl (C=O) groups excluding carboxylic acids is 1. The lowest BCUT2D eigenvalue weighted by Gasteiger charge is -2.31. The Morgan fingerprint density at radius 1 is 1.28 bits per heavy atom. The van der Waals surface area contributed by atoms with Gasteiger partial charge in [-0.05, 0) is 37.5 Å². The molecule has 0 radical (unpaired) electrons. The van der Waals surface area contributed by atoms with Crippen LogP contribution < -0.4 is 4.90 Å². The van der Waals surface area contributed by atoms with Gasteiger partial charge in [-0.1, -0.05) is 30.0 Å². The van der Waals surface area contributed by atoms with Crippen LogP contribution in [0, 0.1) is 0 Å². The van der Waals surface area contributed by atoms with Gasteiger partial charge in [0.15, 0.2) is 5.16 Å². The van der Waals surface area contributed by atoms with Crippen LogP contribution in [0.4, 0.5) is 18.9 Å². The number of rotatable bonds is 3. The third-order valence-electron chi connectivity index (χ3n) is 3.93. The third kappa shape index (κ3) is 3.95. The lowest BCUT2D eigenvalue weighted by atomic mass is 10.0. The number of para-hydroxylation sites is 1. The van der Waals surface area contributed by atoms with Crippen molar-refractivity contribution in [2.45, 2.75) is 36.3 Å². The second-order valence-electron chi connectivity index (χ2n) is 5.70. The highest BCUT2D eigenvalue weighted by Gasteiger charge is 2.33. The number of thioether (sulfide) groups is 1. The van der Waals surface area contributed by atoms with Crippen molar-refractivity contribution in [3.8, 4) is 0 Å². The number of alkyl halides is 3. The molecule has 1 unspecified atom stereocenters. The number of hydrogen-bond acceptors (Lipinski definition) is 4. The first-order chi connectivity index (χ1) is 11.9. The predicted octanol–water partition coefficient (Wildman–Crippen LogP) is 3.96. The van der Waals surface area contributed by atoms with Crippen LogP contribution in [0.25, 0.3) is 0 Å². The molecule has 8 heteroatoms. The number of halogens is 3. The van der Waals surface area contributed by atoms with Crippen LogP contribution in [-0.2, 0) is 17.4 Å². The molecule has 3 rings (SSSR count). The molecule has 25 heavy (non-hydrogen) atoms. The minimum atomic E-state index is -4.53. The maximum atomic E-state index is 12.8. The predicted molar refractivity (Wildman–Crippen MR) is 89.5 cm³/mol. The van der Waals surface area contributed by atoms with Gasteiger partial charge in [-0.15, -0.1) is 0 Å². The summed E-state index contributed by atoms with van der Waals surface area (Å²) < 4.78 is 38.2. The van der Waals surface area contributed by atoms with E-state index >= 15 is 0 Å². The minimum absolute atomic E-state index is 0.0547. The normalized spacial score (nSPS) is 15.6. The number of hydrogen-bond donors (Lipinski definition) is 0. The molecule has 0 fully saturated rings. The highest BCUT2D eigenvalue weighted by Crippen LogP contribution is 2.32. The monoisotopic (exact) mass is 367 g/mol. The minimum Gasteiger partial charge on any atom is -0.311 e. The van der Waals surface area contributed by atoms with E-state index in [1.165, 1.54) is 0 Å². The molecule has 2 aromatic rings. The zero-order valence-electron chi connectivity index (χ0n) is 13.5. The zero-order valence-corrected chi connectivity index (χ0v) is 14.3. The first-order valence-corrected chi connectivity index (χ1v) is 8.70. The average molecular weight is 367 g/mol. The van der Waals surface area contributed by atoms with Crippen molar-refractivity contribution in [1.29, 1.82) is 0 Å². The summed E-state index contributed by atoms with van der Waals surface area (Å²) in [6.07, 6.45) is -1.69. The molecule has 132 valence electrons. The van der Waals surface area contributed by atoms with Crippen molar-refractivity contribution in [2.24, 2.45) is 0 Å². The fraction of sp³-hybridized carbons (Fsp3) is 0.353. The van der Waals surface area contributed by atoms with E-state index in [-0.39, 0.29) is 11.1 Å². The van der Waals surface area contributed by atoms with Gasteiger partial charge < -0.3 is 4.90 Å². The van der Waals surface area contributed by atoms with Crippen molar-refractivity contribution in [3.05, 3.63) is 47.8 Å². The van der Waals surface area contributed by atoms with Crippen molar-refractivity contribution in [1.82, 2.24) is 9.97 Å². The Kier molecular flexibility index (Phi) is 4.99. The maximum absolute atomic E-state index is 12.8. The van der Waals surface area contributed by atoms with E-state index in [1.807, 2.05) is 24.3 Å². The molecule has 1 amide bonds. The number of nitrogens with zero attached hydrogens (tertiary/aromatic N) is 3. The van der Waals surface area contributed by atoms with Crippen molar-refractivity contribution >= 4 is 23.4 Å². The van der Waals surface area contributed by atoms with Crippen LogP contribution in [0.2, 0.25) is 0 Å². The molecule has 1 aliphatic heterocycles. The molecule has 1 atom stereocenters. The third-order valence-corrected chi connectivity index (χ3v) is 4.89. The summed E-state index contributed by atoms with van der Waals surface area (Å²) in [6.45, 7) is 2.26. The molecule has 4 nitrogen and oxygen atoms in total. The van der Waals surface area contributed by atoms with Crippen molar-refractivity contribution < 1.29 is 18.0 Å². The quantitative estimate of drug-likeness (QED) is 0.609. The number of carbonyl (C=O) groups is 1. The lowest BCUT2D eigenvalue weighted by molar-refractivity contribution is -0.141. The summed E-state index contributed by atoms with van der Waals surface area (Å²) in [5.41, 5.74) is 0.971. The Morgan fingerprint density at radius 2 is 2.04 bits per heavy atom. The molecule has 0 saturated heterocycles. The molecule has 0 bridgehead atoms. The van der Waals surface area contributed by atoms with E-state index in [1.54, 1.807) is 11.8 Å². The Hall–Kier alpha value is -2.09. The largest absolute Gasteiger partial charge is 0.433 e. The number of amides is 1. The summed E-state index contributed by atoms with van der Waals surface area (Å²) in [5.74, 6) is -0.154. The summed E-state index contributed by atoms with van der Waals surface area (Å²) in [5, 5.41) is -0.643. The molecule has 1 aliphatic rings. The van der Waals surface area contributed by atoms with E-state index in [2.05, 4.69) is 9.97 Å². The molecule has 1 aromatic carbocycles. The van der Waals surface area contributed by atoms with E-state index in [9.17, 15) is 18.0 Å². The van der Waals surface area contributed by atoms with Crippen molar-refractivity contribution in [3.63, 3.8) is 0 Å². The van der Waals surface area contributed by atoms with E-state index in [0.29, 0.717) is 6.54 Å². The molecule has 0 spiro atoms. The number of aromatic nitrogens is 2. The SMILES string of the molecule is CC(Sc1nccc(C(F)(F)F)n1)C(=O)N1CCCc2ccccc21. The number of anilines is 1. The van der Waals surface area contributed by atoms with Crippen LogP contribution in [0.1, 0.15) is 24.6 Å². The molecular weight excluding hydrogens is 351 g/mol. The smallest absolute Gasteiger partial charge is 0.311 e. The molecule has 2 heterocycles. The number of fused-ring (bicyclic) bond motifs is 1. The molecule has 0 N–H and O–H groups in total. The standard InChI is InChI=1S/C17H16F3N3OS/c1-11(25-16-21-9-8-14(22-16)17(18,19)20)15(24)23-10-4-6-12-5-2-3-7-13(12)23/h2-3,5,7-9,11H,4,6,10H2,1H3. The Bertz CT molecular complexity index is 782. The second-order valence-corrected chi connectivity index (χ2v) is 7.01. The zero-order chi connectivity index (χ0) is 18.0. The van der Waals surface area contributed by atoms with Gasteiger partial charge in [0.2, 0.25) is 5.91 Å². The van der Waals surface area contributed by atoms with E-state index in [4.69, 9.17) is 0 Å². The van der Waals surface area contributed by atoms with Gasteiger partial charge in [-0.25, -0.2) is 9.97 Å². The van der Waals surface area contributed by atoms with Crippen LogP contribution in [-0.4, -0.2) is 27.7 Å². The summed E-state index contributed by atoms with van der Waals surface area (Å²) >= 11 is 0.937. The highest BCUT2D eigenvalue weighted by atomic mass is 32.2. The molecule has 1 aromatic heterocycles. The van der Waals surface area contributed by atoms with Gasteiger partial charge in [0.1, 0.15) is 5.69 Å². The fourth-order valence-corrected chi connectivity index (χ4v) is 3.56. The summed E-state index contributed by atoms with van der Waals surface area (Å²) in [6, 6.07) is 8.50. The molecule has 0 saturated carbocycles. The van der Waals surface area contributed by atoms with Crippen LogP contribution in [0.5, 0.6) is 0 Å². The van der Waals surface area contributed by atoms with E-state index in [0.717, 1.165) is 48.1 Å². The summed E-state index contributed by atoms with van der Waals surface area (Å²) in [7, 11) is 0. The lowest BCUT2D eigenvalue weighted by Crippen LogP contribution is -2.40. The average Bonchev–Trinajstić information content (AvgIpc) is 2.60. The maximum Gasteiger partial charge on any atom is 0.433 e. The van der Waals surface area contributed by atoms with Crippen molar-refractivity contribution in [2.75, 3.05) is 11.4 Å². The van der Waals surface area contributed by atoms with Crippen LogP contribution >= 0.6 is 11.8 Å². The Labute approximate surface area is 147 Å². The van der Waals surface area contributed by atoms with Gasteiger partial charge >= 0.3 is 6.18 Å². The van der Waals surface area contributed by atoms with Crippen LogP contribution in [0.15, 0.2) is 41.7 Å². The first kappa shape index (κ1) is 17.7. The van der Waals surface area contributed by atoms with Gasteiger partial charge in [-0.2, -0.15) is 13.2 Å². The van der Waals surface area contributed by atoms with Gasteiger partial charge in [0, 0.05) is 18.4 Å². The molecular formula is C17H16F3N3OS. The van der Waals surface area contributed by atoms with Gasteiger partial charge in [0.25, 0.3) is 0 Å².